The Hall–Kier alpha value is -1.75. The van der Waals surface area contributed by atoms with Crippen molar-refractivity contribution in [3.8, 4) is 0 Å². The minimum absolute atomic E-state index is 0.0483. The van der Waals surface area contributed by atoms with Gasteiger partial charge in [-0.2, -0.15) is 0 Å². The van der Waals surface area contributed by atoms with Crippen molar-refractivity contribution in [2.75, 3.05) is 32.4 Å². The van der Waals surface area contributed by atoms with Crippen molar-refractivity contribution in [2.45, 2.75) is 6.42 Å². The van der Waals surface area contributed by atoms with E-state index in [0.717, 1.165) is 6.42 Å². The van der Waals surface area contributed by atoms with Gasteiger partial charge in [0.1, 0.15) is 6.54 Å². The first-order valence-corrected chi connectivity index (χ1v) is 6.45. The van der Waals surface area contributed by atoms with Crippen molar-refractivity contribution in [3.63, 3.8) is 0 Å². The SMILES string of the molecule is CN1CCCN(C(=O)c2ccc(Cl)c(N)c2)CC1=O. The van der Waals surface area contributed by atoms with Gasteiger partial charge in [0.15, 0.2) is 0 Å². The maximum absolute atomic E-state index is 12.3. The van der Waals surface area contributed by atoms with Gasteiger partial charge >= 0.3 is 0 Å². The number of benzene rings is 1. The Balaban J connectivity index is 2.18. The molecule has 2 amide bonds. The van der Waals surface area contributed by atoms with Gasteiger partial charge in [0, 0.05) is 25.7 Å². The van der Waals surface area contributed by atoms with Crippen molar-refractivity contribution in [1.82, 2.24) is 9.80 Å². The molecule has 0 aliphatic carbocycles. The van der Waals surface area contributed by atoms with Crippen LogP contribution in [-0.2, 0) is 4.79 Å². The van der Waals surface area contributed by atoms with Crippen molar-refractivity contribution in [2.24, 2.45) is 0 Å². The molecule has 0 radical (unpaired) electrons. The zero-order valence-corrected chi connectivity index (χ0v) is 11.5. The van der Waals surface area contributed by atoms with E-state index in [-0.39, 0.29) is 18.4 Å². The average Bonchev–Trinajstić information content (AvgIpc) is 2.55. The van der Waals surface area contributed by atoms with Crippen LogP contribution in [0.15, 0.2) is 18.2 Å². The molecule has 1 aromatic carbocycles. The van der Waals surface area contributed by atoms with Gasteiger partial charge in [0.2, 0.25) is 5.91 Å². The van der Waals surface area contributed by atoms with E-state index in [9.17, 15) is 9.59 Å². The number of halogens is 1. The number of hydrogen-bond donors (Lipinski definition) is 1. The first-order valence-electron chi connectivity index (χ1n) is 6.07. The Kier molecular flexibility index (Phi) is 3.95. The zero-order chi connectivity index (χ0) is 14.0. The van der Waals surface area contributed by atoms with E-state index in [1.807, 2.05) is 0 Å². The number of nitrogen functional groups attached to an aromatic ring is 1. The maximum Gasteiger partial charge on any atom is 0.254 e. The van der Waals surface area contributed by atoms with Crippen LogP contribution in [0, 0.1) is 0 Å². The van der Waals surface area contributed by atoms with Crippen LogP contribution >= 0.6 is 11.6 Å². The molecular formula is C13H16ClN3O2. The van der Waals surface area contributed by atoms with Crippen LogP contribution < -0.4 is 5.73 Å². The van der Waals surface area contributed by atoms with Gasteiger partial charge in [-0.15, -0.1) is 0 Å². The van der Waals surface area contributed by atoms with E-state index in [0.29, 0.717) is 29.4 Å². The van der Waals surface area contributed by atoms with Crippen molar-refractivity contribution < 1.29 is 9.59 Å². The largest absolute Gasteiger partial charge is 0.398 e. The quantitative estimate of drug-likeness (QED) is 0.787. The van der Waals surface area contributed by atoms with Crippen LogP contribution in [0.25, 0.3) is 0 Å². The molecule has 5 nitrogen and oxygen atoms in total. The highest BCUT2D eigenvalue weighted by Crippen LogP contribution is 2.20. The standard InChI is InChI=1S/C13H16ClN3O2/c1-16-5-2-6-17(8-12(16)18)13(19)9-3-4-10(14)11(15)7-9/h3-4,7H,2,5-6,8,15H2,1H3. The highest BCUT2D eigenvalue weighted by Gasteiger charge is 2.23. The van der Waals surface area contributed by atoms with E-state index in [1.165, 1.54) is 0 Å². The van der Waals surface area contributed by atoms with Crippen LogP contribution in [-0.4, -0.2) is 48.3 Å². The molecule has 1 heterocycles. The van der Waals surface area contributed by atoms with Gasteiger partial charge < -0.3 is 15.5 Å². The average molecular weight is 282 g/mol. The predicted octanol–water partition coefficient (Wildman–Crippen LogP) is 1.23. The van der Waals surface area contributed by atoms with E-state index in [1.54, 1.807) is 35.0 Å². The number of carbonyl (C=O) groups is 2. The van der Waals surface area contributed by atoms with E-state index in [4.69, 9.17) is 17.3 Å². The van der Waals surface area contributed by atoms with Gasteiger partial charge in [-0.05, 0) is 24.6 Å². The third-order valence-electron chi connectivity index (χ3n) is 3.20. The summed E-state index contributed by atoms with van der Waals surface area (Å²) in [6.07, 6.45) is 0.775. The molecule has 19 heavy (non-hydrogen) atoms. The molecule has 102 valence electrons. The maximum atomic E-state index is 12.3. The molecule has 1 aliphatic heterocycles. The van der Waals surface area contributed by atoms with Crippen LogP contribution in [0.1, 0.15) is 16.8 Å². The Morgan fingerprint density at radius 3 is 2.79 bits per heavy atom. The lowest BCUT2D eigenvalue weighted by molar-refractivity contribution is -0.129. The molecule has 2 N–H and O–H groups in total. The monoisotopic (exact) mass is 281 g/mol. The van der Waals surface area contributed by atoms with Gasteiger partial charge in [-0.1, -0.05) is 11.6 Å². The van der Waals surface area contributed by atoms with Gasteiger partial charge in [-0.3, -0.25) is 9.59 Å². The van der Waals surface area contributed by atoms with Crippen LogP contribution in [0.5, 0.6) is 0 Å². The highest BCUT2D eigenvalue weighted by molar-refractivity contribution is 6.33. The first-order chi connectivity index (χ1) is 8.99. The van der Waals surface area contributed by atoms with Crippen molar-refractivity contribution >= 4 is 29.1 Å². The summed E-state index contributed by atoms with van der Waals surface area (Å²) in [5.74, 6) is -0.236. The lowest BCUT2D eigenvalue weighted by atomic mass is 10.1. The summed E-state index contributed by atoms with van der Waals surface area (Å²) >= 11 is 5.83. The summed E-state index contributed by atoms with van der Waals surface area (Å²) in [5, 5.41) is 0.420. The second-order valence-electron chi connectivity index (χ2n) is 4.63. The number of likely N-dealkylation sites (N-methyl/N-ethyl adjacent to an activating group) is 1. The molecule has 1 aromatic rings. The number of hydrogen-bond acceptors (Lipinski definition) is 3. The molecule has 0 spiro atoms. The predicted molar refractivity (Wildman–Crippen MR) is 74.0 cm³/mol. The Labute approximate surface area is 116 Å². The highest BCUT2D eigenvalue weighted by atomic mass is 35.5. The number of carbonyl (C=O) groups excluding carboxylic acids is 2. The fourth-order valence-corrected chi connectivity index (χ4v) is 2.14. The summed E-state index contributed by atoms with van der Waals surface area (Å²) in [6.45, 7) is 1.35. The molecule has 1 aliphatic rings. The molecule has 1 saturated heterocycles. The van der Waals surface area contributed by atoms with E-state index in [2.05, 4.69) is 0 Å². The topological polar surface area (TPSA) is 66.6 Å². The fourth-order valence-electron chi connectivity index (χ4n) is 2.02. The minimum atomic E-state index is -0.188. The van der Waals surface area contributed by atoms with E-state index >= 15 is 0 Å². The van der Waals surface area contributed by atoms with Crippen LogP contribution in [0.2, 0.25) is 5.02 Å². The van der Waals surface area contributed by atoms with Gasteiger partial charge in [0.25, 0.3) is 5.91 Å². The van der Waals surface area contributed by atoms with Crippen LogP contribution in [0.3, 0.4) is 0 Å². The molecule has 0 aromatic heterocycles. The number of rotatable bonds is 1. The fraction of sp³-hybridized carbons (Fsp3) is 0.385. The Bertz CT molecular complexity index is 519. The Morgan fingerprint density at radius 1 is 1.37 bits per heavy atom. The zero-order valence-electron chi connectivity index (χ0n) is 10.7. The summed E-state index contributed by atoms with van der Waals surface area (Å²) in [5.41, 5.74) is 6.51. The van der Waals surface area contributed by atoms with E-state index < -0.39 is 0 Å². The van der Waals surface area contributed by atoms with Gasteiger partial charge in [-0.25, -0.2) is 0 Å². The number of nitrogens with two attached hydrogens (primary N) is 1. The smallest absolute Gasteiger partial charge is 0.254 e. The summed E-state index contributed by atoms with van der Waals surface area (Å²) in [6, 6.07) is 4.76. The second-order valence-corrected chi connectivity index (χ2v) is 5.04. The molecule has 6 heteroatoms. The molecule has 1 fully saturated rings. The third-order valence-corrected chi connectivity index (χ3v) is 3.55. The second kappa shape index (κ2) is 5.48. The van der Waals surface area contributed by atoms with Crippen LogP contribution in [0.4, 0.5) is 5.69 Å². The first kappa shape index (κ1) is 13.7. The normalized spacial score (nSPS) is 16.4. The lowest BCUT2D eigenvalue weighted by Crippen LogP contribution is -2.38. The summed E-state index contributed by atoms with van der Waals surface area (Å²) in [7, 11) is 1.75. The van der Waals surface area contributed by atoms with Crippen molar-refractivity contribution in [3.05, 3.63) is 28.8 Å². The molecule has 0 unspecified atom stereocenters. The summed E-state index contributed by atoms with van der Waals surface area (Å²) in [4.78, 5) is 27.3. The molecule has 0 bridgehead atoms. The molecular weight excluding hydrogens is 266 g/mol. The third kappa shape index (κ3) is 2.98. The molecule has 2 rings (SSSR count). The molecule has 0 saturated carbocycles. The van der Waals surface area contributed by atoms with Gasteiger partial charge in [0.05, 0.1) is 10.7 Å². The number of amides is 2. The van der Waals surface area contributed by atoms with Crippen molar-refractivity contribution in [1.29, 1.82) is 0 Å². The molecule has 0 atom stereocenters. The number of nitrogens with zero attached hydrogens (tertiary/aromatic N) is 2. The number of anilines is 1. The Morgan fingerprint density at radius 2 is 2.11 bits per heavy atom. The lowest BCUT2D eigenvalue weighted by Gasteiger charge is -2.20. The minimum Gasteiger partial charge on any atom is -0.398 e. The summed E-state index contributed by atoms with van der Waals surface area (Å²) < 4.78 is 0.